The third kappa shape index (κ3) is 1.94. The Morgan fingerprint density at radius 1 is 1.00 bits per heavy atom. The van der Waals surface area contributed by atoms with E-state index < -0.39 is 34.8 Å². The van der Waals surface area contributed by atoms with Crippen LogP contribution in [0, 0.1) is 5.82 Å². The first kappa shape index (κ1) is 13.2. The van der Waals surface area contributed by atoms with Crippen molar-refractivity contribution in [3.05, 3.63) is 70.5 Å². The van der Waals surface area contributed by atoms with Gasteiger partial charge in [0.1, 0.15) is 11.7 Å². The summed E-state index contributed by atoms with van der Waals surface area (Å²) in [6.45, 7) is 0. The van der Waals surface area contributed by atoms with Crippen molar-refractivity contribution >= 4 is 17.5 Å². The summed E-state index contributed by atoms with van der Waals surface area (Å²) in [4.78, 5) is 35.6. The van der Waals surface area contributed by atoms with Crippen LogP contribution in [0.25, 0.3) is 0 Å². The first-order chi connectivity index (χ1) is 10.0. The minimum Gasteiger partial charge on any atom is -0.478 e. The number of halogens is 1. The molecule has 0 aromatic heterocycles. The van der Waals surface area contributed by atoms with E-state index in [2.05, 4.69) is 0 Å². The molecule has 3 rings (SSSR count). The predicted octanol–water partition coefficient (Wildman–Crippen LogP) is 2.69. The zero-order valence-corrected chi connectivity index (χ0v) is 10.7. The monoisotopic (exact) mass is 284 g/mol. The van der Waals surface area contributed by atoms with Gasteiger partial charge in [0.05, 0.1) is 5.56 Å². The van der Waals surface area contributed by atoms with Crippen LogP contribution >= 0.6 is 0 Å². The van der Waals surface area contributed by atoms with E-state index in [1.54, 1.807) is 24.3 Å². The van der Waals surface area contributed by atoms with Crippen molar-refractivity contribution in [2.75, 3.05) is 0 Å². The van der Waals surface area contributed by atoms with Crippen molar-refractivity contribution in [1.82, 2.24) is 0 Å². The molecule has 0 atom stereocenters. The molecule has 0 saturated heterocycles. The lowest BCUT2D eigenvalue weighted by Gasteiger charge is -2.08. The zero-order chi connectivity index (χ0) is 15.1. The van der Waals surface area contributed by atoms with Gasteiger partial charge < -0.3 is 5.11 Å². The topological polar surface area (TPSA) is 71.4 Å². The van der Waals surface area contributed by atoms with Crippen LogP contribution in [-0.2, 0) is 0 Å². The third-order valence-corrected chi connectivity index (χ3v) is 3.54. The molecule has 0 bridgehead atoms. The number of carboxylic acids is 1. The lowest BCUT2D eigenvalue weighted by Crippen LogP contribution is -2.14. The quantitative estimate of drug-likeness (QED) is 0.861. The molecule has 5 heteroatoms. The number of carbonyl (C=O) groups is 3. The van der Waals surface area contributed by atoms with Crippen LogP contribution in [0.3, 0.4) is 0 Å². The summed E-state index contributed by atoms with van der Waals surface area (Å²) in [7, 11) is 0. The molecule has 0 unspecified atom stereocenters. The second-order valence-electron chi connectivity index (χ2n) is 4.75. The fourth-order valence-electron chi connectivity index (χ4n) is 2.53. The highest BCUT2D eigenvalue weighted by atomic mass is 19.1. The van der Waals surface area contributed by atoms with Gasteiger partial charge >= 0.3 is 5.97 Å². The Hall–Kier alpha value is -2.82. The number of fused-ring (bicyclic) bond motifs is 1. The van der Waals surface area contributed by atoms with Crippen LogP contribution in [0.5, 0.6) is 0 Å². The molecule has 1 aliphatic rings. The van der Waals surface area contributed by atoms with Crippen LogP contribution in [0.1, 0.15) is 42.6 Å². The minimum absolute atomic E-state index is 0.194. The molecule has 2 aromatic carbocycles. The lowest BCUT2D eigenvalue weighted by atomic mass is 9.93. The SMILES string of the molecule is O=C(O)c1cc(C2C(=O)c3ccccc3C2=O)ccc1F. The van der Waals surface area contributed by atoms with E-state index in [0.29, 0.717) is 11.1 Å². The van der Waals surface area contributed by atoms with E-state index >= 15 is 0 Å². The van der Waals surface area contributed by atoms with E-state index in [1.807, 2.05) is 0 Å². The Bertz CT molecular complexity index is 760. The molecule has 0 radical (unpaired) electrons. The number of rotatable bonds is 2. The number of hydrogen-bond donors (Lipinski definition) is 1. The van der Waals surface area contributed by atoms with Crippen LogP contribution in [0.15, 0.2) is 42.5 Å². The maximum atomic E-state index is 13.4. The van der Waals surface area contributed by atoms with Gasteiger partial charge in [-0.25, -0.2) is 9.18 Å². The number of carbonyl (C=O) groups excluding carboxylic acids is 2. The van der Waals surface area contributed by atoms with Gasteiger partial charge in [-0.05, 0) is 17.7 Å². The summed E-state index contributed by atoms with van der Waals surface area (Å²) in [5, 5.41) is 8.93. The van der Waals surface area contributed by atoms with Gasteiger partial charge in [0.25, 0.3) is 0 Å². The van der Waals surface area contributed by atoms with E-state index in [0.717, 1.165) is 12.1 Å². The maximum Gasteiger partial charge on any atom is 0.338 e. The van der Waals surface area contributed by atoms with E-state index in [-0.39, 0.29) is 5.56 Å². The van der Waals surface area contributed by atoms with E-state index in [9.17, 15) is 18.8 Å². The standard InChI is InChI=1S/C16H9FO4/c17-12-6-5-8(7-11(12)16(20)21)13-14(18)9-3-1-2-4-10(9)15(13)19/h1-7,13H,(H,20,21). The van der Waals surface area contributed by atoms with Crippen LogP contribution < -0.4 is 0 Å². The van der Waals surface area contributed by atoms with Crippen molar-refractivity contribution in [3.63, 3.8) is 0 Å². The molecule has 0 heterocycles. The predicted molar refractivity (Wildman–Crippen MR) is 71.2 cm³/mol. The van der Waals surface area contributed by atoms with Crippen LogP contribution in [0.2, 0.25) is 0 Å². The van der Waals surface area contributed by atoms with Crippen LogP contribution in [-0.4, -0.2) is 22.6 Å². The fourth-order valence-corrected chi connectivity index (χ4v) is 2.53. The van der Waals surface area contributed by atoms with Crippen molar-refractivity contribution in [3.8, 4) is 0 Å². The first-order valence-electron chi connectivity index (χ1n) is 6.21. The molecule has 1 N–H and O–H groups in total. The largest absolute Gasteiger partial charge is 0.478 e. The molecule has 0 spiro atoms. The molecular formula is C16H9FO4. The molecule has 21 heavy (non-hydrogen) atoms. The molecule has 0 saturated carbocycles. The van der Waals surface area contributed by atoms with Gasteiger partial charge in [-0.15, -0.1) is 0 Å². The van der Waals surface area contributed by atoms with Crippen molar-refractivity contribution in [1.29, 1.82) is 0 Å². The Labute approximate surface area is 118 Å². The number of Topliss-reactive ketones (excluding diaryl/α,β-unsaturated/α-hetero) is 2. The lowest BCUT2D eigenvalue weighted by molar-refractivity contribution is 0.0690. The molecule has 0 fully saturated rings. The Kier molecular flexibility index (Phi) is 2.90. The highest BCUT2D eigenvalue weighted by Gasteiger charge is 2.39. The molecule has 0 amide bonds. The number of benzene rings is 2. The second kappa shape index (κ2) is 4.63. The molecular weight excluding hydrogens is 275 g/mol. The average molecular weight is 284 g/mol. The first-order valence-corrected chi connectivity index (χ1v) is 6.21. The Morgan fingerprint density at radius 2 is 1.57 bits per heavy atom. The average Bonchev–Trinajstić information content (AvgIpc) is 2.72. The van der Waals surface area contributed by atoms with Gasteiger partial charge in [0, 0.05) is 11.1 Å². The fraction of sp³-hybridized carbons (Fsp3) is 0.0625. The van der Waals surface area contributed by atoms with Crippen molar-refractivity contribution < 1.29 is 23.9 Å². The van der Waals surface area contributed by atoms with Crippen molar-refractivity contribution in [2.24, 2.45) is 0 Å². The number of ketones is 2. The smallest absolute Gasteiger partial charge is 0.338 e. The summed E-state index contributed by atoms with van der Waals surface area (Å²) in [5.41, 5.74) is 0.270. The number of carboxylic acid groups (broad SMARTS) is 1. The normalized spacial score (nSPS) is 14.3. The molecule has 2 aromatic rings. The zero-order valence-electron chi connectivity index (χ0n) is 10.7. The van der Waals surface area contributed by atoms with Gasteiger partial charge in [0.15, 0.2) is 11.6 Å². The summed E-state index contributed by atoms with van der Waals surface area (Å²) in [5.74, 6) is -4.22. The second-order valence-corrected chi connectivity index (χ2v) is 4.75. The Morgan fingerprint density at radius 3 is 2.10 bits per heavy atom. The number of hydrogen-bond acceptors (Lipinski definition) is 3. The summed E-state index contributed by atoms with van der Waals surface area (Å²) in [6.07, 6.45) is 0. The van der Waals surface area contributed by atoms with Crippen molar-refractivity contribution in [2.45, 2.75) is 5.92 Å². The molecule has 0 aliphatic heterocycles. The highest BCUT2D eigenvalue weighted by Crippen LogP contribution is 2.34. The number of aromatic carboxylic acids is 1. The van der Waals surface area contributed by atoms with E-state index in [1.165, 1.54) is 6.07 Å². The summed E-state index contributed by atoms with van der Waals surface area (Å²) >= 11 is 0. The maximum absolute atomic E-state index is 13.4. The molecule has 4 nitrogen and oxygen atoms in total. The Balaban J connectivity index is 2.11. The van der Waals surface area contributed by atoms with Crippen LogP contribution in [0.4, 0.5) is 4.39 Å². The van der Waals surface area contributed by atoms with Gasteiger partial charge in [-0.3, -0.25) is 9.59 Å². The summed E-state index contributed by atoms with van der Waals surface area (Å²) < 4.78 is 13.4. The highest BCUT2D eigenvalue weighted by molar-refractivity contribution is 6.29. The third-order valence-electron chi connectivity index (χ3n) is 3.54. The molecule has 104 valence electrons. The van der Waals surface area contributed by atoms with Gasteiger partial charge in [-0.1, -0.05) is 30.3 Å². The van der Waals surface area contributed by atoms with Gasteiger partial charge in [-0.2, -0.15) is 0 Å². The van der Waals surface area contributed by atoms with E-state index in [4.69, 9.17) is 5.11 Å². The summed E-state index contributed by atoms with van der Waals surface area (Å²) in [6, 6.07) is 9.69. The van der Waals surface area contributed by atoms with Gasteiger partial charge in [0.2, 0.25) is 0 Å². The minimum atomic E-state index is -1.44. The molecule has 1 aliphatic carbocycles.